The van der Waals surface area contributed by atoms with Crippen LogP contribution in [0.15, 0.2) is 29.3 Å². The minimum absolute atomic E-state index is 0.269. The number of nitrogens with zero attached hydrogens (tertiary/aromatic N) is 1. The summed E-state index contributed by atoms with van der Waals surface area (Å²) in [5.74, 6) is -0.357. The summed E-state index contributed by atoms with van der Waals surface area (Å²) in [5.41, 5.74) is 5.24. The second-order valence-electron chi connectivity index (χ2n) is 1.73. The van der Waals surface area contributed by atoms with Gasteiger partial charge in [0.2, 0.25) is 0 Å². The van der Waals surface area contributed by atoms with Crippen LogP contribution in [0.2, 0.25) is 0 Å². The largest absolute Gasteiger partial charge is 0.390 e. The number of nitrogens with two attached hydrogens (primary N) is 1. The van der Waals surface area contributed by atoms with E-state index in [1.165, 1.54) is 6.07 Å². The molecule has 0 bridgehead atoms. The molecule has 0 spiro atoms. The summed E-state index contributed by atoms with van der Waals surface area (Å²) in [4.78, 5) is 3.58. The minimum atomic E-state index is -0.357. The number of rotatable bonds is 1. The Balaban J connectivity index is 3.03. The molecule has 2 N–H and O–H groups in total. The van der Waals surface area contributed by atoms with Gasteiger partial charge in [0.15, 0.2) is 0 Å². The van der Waals surface area contributed by atoms with Crippen LogP contribution >= 0.6 is 0 Å². The Morgan fingerprint density at radius 2 is 2.10 bits per heavy atom. The van der Waals surface area contributed by atoms with Gasteiger partial charge in [0.1, 0.15) is 11.5 Å². The SMILES string of the molecule is NC=Nc1ccccc1F. The van der Waals surface area contributed by atoms with Crippen LogP contribution in [0, 0.1) is 5.82 Å². The summed E-state index contributed by atoms with van der Waals surface area (Å²) < 4.78 is 12.6. The van der Waals surface area contributed by atoms with Crippen LogP contribution in [0.1, 0.15) is 0 Å². The maximum atomic E-state index is 12.6. The van der Waals surface area contributed by atoms with E-state index in [0.717, 1.165) is 6.34 Å². The van der Waals surface area contributed by atoms with Gasteiger partial charge in [-0.25, -0.2) is 9.38 Å². The summed E-state index contributed by atoms with van der Waals surface area (Å²) in [7, 11) is 0. The lowest BCUT2D eigenvalue weighted by Crippen LogP contribution is -1.87. The van der Waals surface area contributed by atoms with Gasteiger partial charge in [-0.3, -0.25) is 0 Å². The van der Waals surface area contributed by atoms with Gasteiger partial charge in [0.05, 0.1) is 6.34 Å². The highest BCUT2D eigenvalue weighted by atomic mass is 19.1. The molecule has 0 amide bonds. The standard InChI is InChI=1S/C7H7FN2/c8-6-3-1-2-4-7(6)10-5-9/h1-5H,(H2,9,10). The smallest absolute Gasteiger partial charge is 0.148 e. The third-order valence-corrected chi connectivity index (χ3v) is 1.07. The van der Waals surface area contributed by atoms with Gasteiger partial charge in [0, 0.05) is 0 Å². The third-order valence-electron chi connectivity index (χ3n) is 1.07. The number of hydrogen-bond donors (Lipinski definition) is 1. The monoisotopic (exact) mass is 138 g/mol. The number of benzene rings is 1. The van der Waals surface area contributed by atoms with E-state index in [2.05, 4.69) is 4.99 Å². The second-order valence-corrected chi connectivity index (χ2v) is 1.73. The molecule has 52 valence electrons. The quantitative estimate of drug-likeness (QED) is 0.463. The van der Waals surface area contributed by atoms with E-state index in [4.69, 9.17) is 5.73 Å². The Kier molecular flexibility index (Phi) is 1.99. The molecule has 3 heteroatoms. The van der Waals surface area contributed by atoms with Crippen molar-refractivity contribution in [1.82, 2.24) is 0 Å². The molecule has 1 rings (SSSR count). The molecule has 0 atom stereocenters. The molecular formula is C7H7FN2. The molecular weight excluding hydrogens is 131 g/mol. The van der Waals surface area contributed by atoms with Crippen molar-refractivity contribution in [3.05, 3.63) is 30.1 Å². The molecule has 0 saturated carbocycles. The zero-order valence-electron chi connectivity index (χ0n) is 5.29. The zero-order chi connectivity index (χ0) is 7.40. The van der Waals surface area contributed by atoms with Crippen molar-refractivity contribution in [2.75, 3.05) is 0 Å². The zero-order valence-corrected chi connectivity index (χ0v) is 5.29. The van der Waals surface area contributed by atoms with Crippen LogP contribution in [0.3, 0.4) is 0 Å². The van der Waals surface area contributed by atoms with Crippen LogP contribution < -0.4 is 5.73 Å². The molecule has 2 nitrogen and oxygen atoms in total. The number of halogens is 1. The molecule has 10 heavy (non-hydrogen) atoms. The average Bonchev–Trinajstić information content (AvgIpc) is 1.94. The van der Waals surface area contributed by atoms with Gasteiger partial charge in [-0.05, 0) is 12.1 Å². The van der Waals surface area contributed by atoms with Gasteiger partial charge in [-0.1, -0.05) is 12.1 Å². The van der Waals surface area contributed by atoms with Crippen molar-refractivity contribution < 1.29 is 4.39 Å². The van der Waals surface area contributed by atoms with Crippen molar-refractivity contribution in [3.63, 3.8) is 0 Å². The van der Waals surface area contributed by atoms with Gasteiger partial charge in [-0.2, -0.15) is 0 Å². The van der Waals surface area contributed by atoms with Crippen LogP contribution in [-0.2, 0) is 0 Å². The van der Waals surface area contributed by atoms with Gasteiger partial charge in [-0.15, -0.1) is 0 Å². The fourth-order valence-electron chi connectivity index (χ4n) is 0.637. The highest BCUT2D eigenvalue weighted by Crippen LogP contribution is 2.14. The predicted molar refractivity (Wildman–Crippen MR) is 38.7 cm³/mol. The lowest BCUT2D eigenvalue weighted by atomic mass is 10.3. The fourth-order valence-corrected chi connectivity index (χ4v) is 0.637. The van der Waals surface area contributed by atoms with E-state index in [1.54, 1.807) is 18.2 Å². The summed E-state index contributed by atoms with van der Waals surface area (Å²) in [6, 6.07) is 6.19. The Morgan fingerprint density at radius 1 is 1.40 bits per heavy atom. The van der Waals surface area contributed by atoms with Crippen molar-refractivity contribution in [2.24, 2.45) is 10.7 Å². The minimum Gasteiger partial charge on any atom is -0.390 e. The maximum Gasteiger partial charge on any atom is 0.148 e. The fraction of sp³-hybridized carbons (Fsp3) is 0. The highest BCUT2D eigenvalue weighted by Gasteiger charge is 1.94. The molecule has 0 saturated heterocycles. The van der Waals surface area contributed by atoms with Crippen LogP contribution in [-0.4, -0.2) is 6.34 Å². The van der Waals surface area contributed by atoms with Gasteiger partial charge < -0.3 is 5.73 Å². The van der Waals surface area contributed by atoms with Crippen molar-refractivity contribution in [1.29, 1.82) is 0 Å². The van der Waals surface area contributed by atoms with E-state index < -0.39 is 0 Å². The summed E-state index contributed by atoms with van der Waals surface area (Å²) in [6.45, 7) is 0. The van der Waals surface area contributed by atoms with Crippen LogP contribution in [0.5, 0.6) is 0 Å². The number of aliphatic imine (C=N–C) groups is 1. The second kappa shape index (κ2) is 2.96. The Hall–Kier alpha value is -1.38. The maximum absolute atomic E-state index is 12.6. The van der Waals surface area contributed by atoms with E-state index >= 15 is 0 Å². The van der Waals surface area contributed by atoms with Gasteiger partial charge in [0.25, 0.3) is 0 Å². The van der Waals surface area contributed by atoms with E-state index in [9.17, 15) is 4.39 Å². The predicted octanol–water partition coefficient (Wildman–Crippen LogP) is 1.44. The summed E-state index contributed by atoms with van der Waals surface area (Å²) in [5, 5.41) is 0. The third kappa shape index (κ3) is 1.31. The first kappa shape index (κ1) is 6.74. The topological polar surface area (TPSA) is 38.4 Å². The van der Waals surface area contributed by atoms with Crippen molar-refractivity contribution in [2.45, 2.75) is 0 Å². The first-order valence-corrected chi connectivity index (χ1v) is 2.83. The average molecular weight is 138 g/mol. The summed E-state index contributed by atoms with van der Waals surface area (Å²) in [6.07, 6.45) is 1.07. The molecule has 0 unspecified atom stereocenters. The molecule has 0 aliphatic heterocycles. The van der Waals surface area contributed by atoms with E-state index in [-0.39, 0.29) is 11.5 Å². The molecule has 0 aromatic heterocycles. The molecule has 1 aromatic rings. The number of para-hydroxylation sites is 1. The van der Waals surface area contributed by atoms with Crippen molar-refractivity contribution >= 4 is 12.0 Å². The molecule has 0 aliphatic carbocycles. The van der Waals surface area contributed by atoms with Gasteiger partial charge >= 0.3 is 0 Å². The first-order chi connectivity index (χ1) is 4.84. The molecule has 0 fully saturated rings. The van der Waals surface area contributed by atoms with Crippen LogP contribution in [0.25, 0.3) is 0 Å². The van der Waals surface area contributed by atoms with Crippen molar-refractivity contribution in [3.8, 4) is 0 Å². The Bertz CT molecular complexity index is 245. The lowest BCUT2D eigenvalue weighted by Gasteiger charge is -1.91. The van der Waals surface area contributed by atoms with Crippen LogP contribution in [0.4, 0.5) is 10.1 Å². The highest BCUT2D eigenvalue weighted by molar-refractivity contribution is 5.58. The van der Waals surface area contributed by atoms with E-state index in [0.29, 0.717) is 0 Å². The molecule has 1 aromatic carbocycles. The number of hydrogen-bond acceptors (Lipinski definition) is 1. The Labute approximate surface area is 58.2 Å². The molecule has 0 radical (unpaired) electrons. The first-order valence-electron chi connectivity index (χ1n) is 2.83. The normalized spacial score (nSPS) is 10.5. The van der Waals surface area contributed by atoms with E-state index in [1.807, 2.05) is 0 Å². The Morgan fingerprint density at radius 3 is 2.70 bits per heavy atom. The lowest BCUT2D eigenvalue weighted by molar-refractivity contribution is 0.630. The molecule has 0 aliphatic rings. The summed E-state index contributed by atoms with van der Waals surface area (Å²) >= 11 is 0. The molecule has 0 heterocycles.